The van der Waals surface area contributed by atoms with Crippen molar-refractivity contribution in [3.8, 4) is 23.3 Å². The molecule has 0 amide bonds. The van der Waals surface area contributed by atoms with Gasteiger partial charge in [0.15, 0.2) is 17.2 Å². The molecule has 0 bridgehead atoms. The highest BCUT2D eigenvalue weighted by atomic mass is 16.5. The minimum atomic E-state index is 0.425. The van der Waals surface area contributed by atoms with Gasteiger partial charge in [0.25, 0.3) is 0 Å². The molecule has 0 spiro atoms. The van der Waals surface area contributed by atoms with Crippen molar-refractivity contribution in [2.24, 2.45) is 0 Å². The Morgan fingerprint density at radius 1 is 1.10 bits per heavy atom. The number of nitriles is 1. The van der Waals surface area contributed by atoms with E-state index in [4.69, 9.17) is 20.5 Å². The molecule has 102 valence electrons. The fourth-order valence-electron chi connectivity index (χ4n) is 1.70. The highest BCUT2D eigenvalue weighted by Crippen LogP contribution is 2.34. The third kappa shape index (κ3) is 3.21. The Balaban J connectivity index is 2.24. The normalized spacial score (nSPS) is 9.80. The van der Waals surface area contributed by atoms with E-state index in [9.17, 15) is 0 Å². The van der Waals surface area contributed by atoms with Crippen LogP contribution in [0, 0.1) is 11.3 Å². The Morgan fingerprint density at radius 3 is 2.50 bits per heavy atom. The van der Waals surface area contributed by atoms with Gasteiger partial charge in [-0.25, -0.2) is 0 Å². The fourth-order valence-corrected chi connectivity index (χ4v) is 1.70. The van der Waals surface area contributed by atoms with Gasteiger partial charge in [-0.1, -0.05) is 19.1 Å². The quantitative estimate of drug-likeness (QED) is 0.839. The molecule has 0 aliphatic rings. The number of ether oxygens (including phenoxy) is 2. The Bertz CT molecular complexity index is 633. The number of hydrogen-bond donors (Lipinski definition) is 1. The highest BCUT2D eigenvalue weighted by molar-refractivity contribution is 5.58. The van der Waals surface area contributed by atoms with Gasteiger partial charge < -0.3 is 15.2 Å². The molecule has 4 heteroatoms. The zero-order valence-electron chi connectivity index (χ0n) is 11.3. The molecular weight excluding hydrogens is 252 g/mol. The lowest BCUT2D eigenvalue weighted by Crippen LogP contribution is -1.98. The number of nitrogens with two attached hydrogens (primary N) is 1. The van der Waals surface area contributed by atoms with Crippen molar-refractivity contribution in [2.75, 3.05) is 12.3 Å². The predicted molar refractivity (Wildman–Crippen MR) is 77.9 cm³/mol. The number of para-hydroxylation sites is 2. The molecule has 0 atom stereocenters. The second-order valence-electron chi connectivity index (χ2n) is 4.26. The lowest BCUT2D eigenvalue weighted by Gasteiger charge is -2.13. The number of rotatable bonds is 5. The van der Waals surface area contributed by atoms with E-state index in [1.165, 1.54) is 0 Å². The van der Waals surface area contributed by atoms with Crippen LogP contribution in [0.3, 0.4) is 0 Å². The molecule has 0 aliphatic carbocycles. The van der Waals surface area contributed by atoms with Crippen LogP contribution in [0.15, 0.2) is 42.5 Å². The van der Waals surface area contributed by atoms with Crippen molar-refractivity contribution in [3.05, 3.63) is 48.0 Å². The van der Waals surface area contributed by atoms with Crippen LogP contribution in [-0.4, -0.2) is 6.61 Å². The number of nitrogens with zero attached hydrogens (tertiary/aromatic N) is 1. The van der Waals surface area contributed by atoms with E-state index >= 15 is 0 Å². The van der Waals surface area contributed by atoms with Crippen molar-refractivity contribution in [1.82, 2.24) is 0 Å². The molecule has 0 aromatic heterocycles. The first-order valence-electron chi connectivity index (χ1n) is 6.44. The maximum absolute atomic E-state index is 8.82. The van der Waals surface area contributed by atoms with Gasteiger partial charge in [-0.15, -0.1) is 0 Å². The highest BCUT2D eigenvalue weighted by Gasteiger charge is 2.08. The molecule has 4 nitrogen and oxygen atoms in total. The third-order valence-electron chi connectivity index (χ3n) is 2.67. The minimum absolute atomic E-state index is 0.425. The zero-order chi connectivity index (χ0) is 14.4. The van der Waals surface area contributed by atoms with Gasteiger partial charge in [0.1, 0.15) is 0 Å². The van der Waals surface area contributed by atoms with E-state index in [0.29, 0.717) is 35.1 Å². The van der Waals surface area contributed by atoms with E-state index in [1.54, 1.807) is 18.2 Å². The molecule has 0 fully saturated rings. The van der Waals surface area contributed by atoms with Crippen molar-refractivity contribution in [2.45, 2.75) is 13.3 Å². The minimum Gasteiger partial charge on any atom is -0.490 e. The van der Waals surface area contributed by atoms with Gasteiger partial charge in [-0.05, 0) is 36.8 Å². The SMILES string of the molecule is CCCOc1ccccc1Oc1ccc(C#N)cc1N. The summed E-state index contributed by atoms with van der Waals surface area (Å²) in [4.78, 5) is 0. The van der Waals surface area contributed by atoms with E-state index in [-0.39, 0.29) is 0 Å². The van der Waals surface area contributed by atoms with Crippen molar-refractivity contribution in [1.29, 1.82) is 5.26 Å². The summed E-state index contributed by atoms with van der Waals surface area (Å²) < 4.78 is 11.4. The lowest BCUT2D eigenvalue weighted by molar-refractivity contribution is 0.302. The van der Waals surface area contributed by atoms with Crippen molar-refractivity contribution < 1.29 is 9.47 Å². The molecule has 2 aromatic rings. The fraction of sp³-hybridized carbons (Fsp3) is 0.188. The predicted octanol–water partition coefficient (Wildman–Crippen LogP) is 3.72. The average molecular weight is 268 g/mol. The van der Waals surface area contributed by atoms with Crippen LogP contribution in [0.4, 0.5) is 5.69 Å². The Hall–Kier alpha value is -2.67. The molecule has 2 aromatic carbocycles. The van der Waals surface area contributed by atoms with Gasteiger partial charge in [-0.3, -0.25) is 0 Å². The van der Waals surface area contributed by atoms with Gasteiger partial charge in [-0.2, -0.15) is 5.26 Å². The lowest BCUT2D eigenvalue weighted by atomic mass is 10.2. The van der Waals surface area contributed by atoms with Crippen LogP contribution in [0.2, 0.25) is 0 Å². The number of benzene rings is 2. The molecule has 0 saturated heterocycles. The summed E-state index contributed by atoms with van der Waals surface area (Å²) in [6, 6.07) is 14.4. The maximum Gasteiger partial charge on any atom is 0.169 e. The van der Waals surface area contributed by atoms with Crippen LogP contribution >= 0.6 is 0 Å². The first-order chi connectivity index (χ1) is 9.74. The van der Waals surface area contributed by atoms with E-state index in [0.717, 1.165) is 6.42 Å². The average Bonchev–Trinajstić information content (AvgIpc) is 2.48. The summed E-state index contributed by atoms with van der Waals surface area (Å²) in [5.41, 5.74) is 6.81. The molecule has 0 radical (unpaired) electrons. The molecule has 2 N–H and O–H groups in total. The van der Waals surface area contributed by atoms with Crippen LogP contribution in [-0.2, 0) is 0 Å². The van der Waals surface area contributed by atoms with E-state index in [2.05, 4.69) is 0 Å². The topological polar surface area (TPSA) is 68.3 Å². The van der Waals surface area contributed by atoms with Gasteiger partial charge in [0, 0.05) is 0 Å². The summed E-state index contributed by atoms with van der Waals surface area (Å²) in [5.74, 6) is 1.80. The molecule has 0 saturated carbocycles. The number of nitrogen functional groups attached to an aromatic ring is 1. The summed E-state index contributed by atoms with van der Waals surface area (Å²) in [6.07, 6.45) is 0.924. The standard InChI is InChI=1S/C16H16N2O2/c1-2-9-19-15-5-3-4-6-16(15)20-14-8-7-12(11-17)10-13(14)18/h3-8,10H,2,9,18H2,1H3. The number of anilines is 1. The molecule has 0 aliphatic heterocycles. The van der Waals surface area contributed by atoms with E-state index in [1.807, 2.05) is 37.3 Å². The molecule has 0 unspecified atom stereocenters. The van der Waals surface area contributed by atoms with Gasteiger partial charge in [0.2, 0.25) is 0 Å². The monoisotopic (exact) mass is 268 g/mol. The molecule has 2 rings (SSSR count). The molecule has 20 heavy (non-hydrogen) atoms. The Labute approximate surface area is 118 Å². The second kappa shape index (κ2) is 6.48. The maximum atomic E-state index is 8.82. The van der Waals surface area contributed by atoms with Gasteiger partial charge >= 0.3 is 0 Å². The van der Waals surface area contributed by atoms with Gasteiger partial charge in [0.05, 0.1) is 23.9 Å². The summed E-state index contributed by atoms with van der Waals surface area (Å²) in [5, 5.41) is 8.82. The number of hydrogen-bond acceptors (Lipinski definition) is 4. The smallest absolute Gasteiger partial charge is 0.169 e. The zero-order valence-corrected chi connectivity index (χ0v) is 11.3. The van der Waals surface area contributed by atoms with Crippen LogP contribution in [0.5, 0.6) is 17.2 Å². The molecular formula is C16H16N2O2. The third-order valence-corrected chi connectivity index (χ3v) is 2.67. The van der Waals surface area contributed by atoms with Crippen LogP contribution < -0.4 is 15.2 Å². The van der Waals surface area contributed by atoms with Crippen LogP contribution in [0.25, 0.3) is 0 Å². The van der Waals surface area contributed by atoms with Crippen molar-refractivity contribution >= 4 is 5.69 Å². The van der Waals surface area contributed by atoms with E-state index < -0.39 is 0 Å². The first-order valence-corrected chi connectivity index (χ1v) is 6.44. The van der Waals surface area contributed by atoms with Crippen molar-refractivity contribution in [3.63, 3.8) is 0 Å². The Morgan fingerprint density at radius 2 is 1.85 bits per heavy atom. The summed E-state index contributed by atoms with van der Waals surface area (Å²) in [7, 11) is 0. The Kier molecular flexibility index (Phi) is 4.46. The summed E-state index contributed by atoms with van der Waals surface area (Å²) >= 11 is 0. The second-order valence-corrected chi connectivity index (χ2v) is 4.26. The molecule has 0 heterocycles. The summed E-state index contributed by atoms with van der Waals surface area (Å²) in [6.45, 7) is 2.67. The first kappa shape index (κ1) is 13.8. The van der Waals surface area contributed by atoms with Crippen LogP contribution in [0.1, 0.15) is 18.9 Å². The largest absolute Gasteiger partial charge is 0.490 e.